The molecule has 0 aliphatic carbocycles. The lowest BCUT2D eigenvalue weighted by atomic mass is 10.1. The van der Waals surface area contributed by atoms with Gasteiger partial charge in [-0.1, -0.05) is 30.3 Å². The number of ether oxygens (including phenoxy) is 3. The van der Waals surface area contributed by atoms with Gasteiger partial charge in [-0.2, -0.15) is 0 Å². The number of hydrogen-bond acceptors (Lipinski definition) is 4. The summed E-state index contributed by atoms with van der Waals surface area (Å²) in [7, 11) is 0. The third-order valence-electron chi connectivity index (χ3n) is 4.05. The first-order valence-corrected chi connectivity index (χ1v) is 8.65. The summed E-state index contributed by atoms with van der Waals surface area (Å²) in [4.78, 5) is 11.7. The lowest BCUT2D eigenvalue weighted by Crippen LogP contribution is -2.23. The Balaban J connectivity index is 1.59. The quantitative estimate of drug-likeness (QED) is 0.614. The lowest BCUT2D eigenvalue weighted by molar-refractivity contribution is -0.163. The van der Waals surface area contributed by atoms with Crippen LogP contribution in [0.2, 0.25) is 0 Å². The second kappa shape index (κ2) is 10.5. The van der Waals surface area contributed by atoms with Crippen molar-refractivity contribution in [3.05, 3.63) is 35.9 Å². The van der Waals surface area contributed by atoms with Crippen molar-refractivity contribution in [3.63, 3.8) is 0 Å². The first-order chi connectivity index (χ1) is 11.3. The van der Waals surface area contributed by atoms with Crippen LogP contribution in [0.25, 0.3) is 0 Å². The molecule has 0 amide bonds. The molecule has 1 aliphatic heterocycles. The van der Waals surface area contributed by atoms with Crippen LogP contribution in [0.4, 0.5) is 0 Å². The number of carbonyl (C=O) groups is 1. The van der Waals surface area contributed by atoms with Crippen LogP contribution in [-0.4, -0.2) is 31.4 Å². The van der Waals surface area contributed by atoms with E-state index >= 15 is 0 Å². The smallest absolute Gasteiger partial charge is 0.158 e. The Labute approximate surface area is 139 Å². The first kappa shape index (κ1) is 18.1. The van der Waals surface area contributed by atoms with E-state index in [1.54, 1.807) is 6.92 Å². The van der Waals surface area contributed by atoms with Gasteiger partial charge < -0.3 is 14.2 Å². The molecule has 1 fully saturated rings. The molecule has 1 aliphatic rings. The topological polar surface area (TPSA) is 44.8 Å². The number of rotatable bonds is 10. The summed E-state index contributed by atoms with van der Waals surface area (Å²) < 4.78 is 17.0. The second-order valence-electron chi connectivity index (χ2n) is 6.06. The molecule has 1 saturated heterocycles. The number of benzene rings is 1. The maximum absolute atomic E-state index is 11.7. The van der Waals surface area contributed by atoms with E-state index in [0.717, 1.165) is 44.3 Å². The predicted octanol–water partition coefficient (Wildman–Crippen LogP) is 3.87. The van der Waals surface area contributed by atoms with Crippen LogP contribution < -0.4 is 0 Å². The van der Waals surface area contributed by atoms with Crippen LogP contribution in [0.3, 0.4) is 0 Å². The third-order valence-corrected chi connectivity index (χ3v) is 4.05. The Hall–Kier alpha value is -1.23. The van der Waals surface area contributed by atoms with Gasteiger partial charge in [0.05, 0.1) is 6.61 Å². The number of ketones is 1. The molecule has 0 radical (unpaired) electrons. The summed E-state index contributed by atoms with van der Waals surface area (Å²) in [5.41, 5.74) is 1.09. The lowest BCUT2D eigenvalue weighted by Gasteiger charge is -2.22. The monoisotopic (exact) mass is 320 g/mol. The maximum atomic E-state index is 11.7. The molecule has 1 aromatic rings. The van der Waals surface area contributed by atoms with Crippen molar-refractivity contribution in [2.45, 2.75) is 64.4 Å². The van der Waals surface area contributed by atoms with E-state index in [0.29, 0.717) is 13.2 Å². The van der Waals surface area contributed by atoms with E-state index in [2.05, 4.69) is 0 Å². The van der Waals surface area contributed by atoms with Crippen LogP contribution in [0, 0.1) is 0 Å². The van der Waals surface area contributed by atoms with E-state index in [1.165, 1.54) is 6.42 Å². The Morgan fingerprint density at radius 3 is 2.78 bits per heavy atom. The van der Waals surface area contributed by atoms with Gasteiger partial charge in [0, 0.05) is 13.2 Å². The van der Waals surface area contributed by atoms with Gasteiger partial charge in [-0.05, 0) is 51.0 Å². The highest BCUT2D eigenvalue weighted by Gasteiger charge is 2.16. The van der Waals surface area contributed by atoms with Crippen molar-refractivity contribution >= 4 is 5.78 Å². The summed E-state index contributed by atoms with van der Waals surface area (Å²) in [5.74, 6) is 0.0949. The Morgan fingerprint density at radius 2 is 2.09 bits per heavy atom. The molecule has 0 bridgehead atoms. The van der Waals surface area contributed by atoms with Crippen LogP contribution in [0.5, 0.6) is 0 Å². The molecule has 4 heteroatoms. The molecule has 0 spiro atoms. The van der Waals surface area contributed by atoms with Gasteiger partial charge in [0.15, 0.2) is 12.1 Å². The molecule has 4 nitrogen and oxygen atoms in total. The fourth-order valence-electron chi connectivity index (χ4n) is 2.66. The number of hydrogen-bond donors (Lipinski definition) is 0. The van der Waals surface area contributed by atoms with Crippen LogP contribution in [0.15, 0.2) is 30.3 Å². The molecule has 0 N–H and O–H groups in total. The van der Waals surface area contributed by atoms with E-state index in [-0.39, 0.29) is 18.2 Å². The number of carbonyl (C=O) groups excluding carboxylic acids is 1. The number of Topliss-reactive ketones (excluding diaryl/α,β-unsaturated/α-hetero) is 1. The summed E-state index contributed by atoms with van der Waals surface area (Å²) in [5, 5.41) is 0. The molecule has 2 rings (SSSR count). The summed E-state index contributed by atoms with van der Waals surface area (Å²) in [6.07, 6.45) is 5.57. The average Bonchev–Trinajstić information content (AvgIpc) is 2.59. The molecular formula is C19H28O4. The zero-order valence-corrected chi connectivity index (χ0v) is 14.0. The van der Waals surface area contributed by atoms with E-state index in [1.807, 2.05) is 30.3 Å². The van der Waals surface area contributed by atoms with Crippen LogP contribution in [-0.2, 0) is 25.6 Å². The summed E-state index contributed by atoms with van der Waals surface area (Å²) >= 11 is 0. The van der Waals surface area contributed by atoms with Crippen molar-refractivity contribution < 1.29 is 19.0 Å². The highest BCUT2D eigenvalue weighted by Crippen LogP contribution is 2.15. The van der Waals surface area contributed by atoms with Gasteiger partial charge in [-0.15, -0.1) is 0 Å². The SMILES string of the molecule is CC(=O)C(CCCCOC1CCCCO1)OCc1ccccc1. The Kier molecular flexibility index (Phi) is 8.29. The van der Waals surface area contributed by atoms with Crippen molar-refractivity contribution in [1.82, 2.24) is 0 Å². The second-order valence-corrected chi connectivity index (χ2v) is 6.06. The summed E-state index contributed by atoms with van der Waals surface area (Å²) in [6, 6.07) is 9.95. The third kappa shape index (κ3) is 7.25. The van der Waals surface area contributed by atoms with Gasteiger partial charge in [0.2, 0.25) is 0 Å². The van der Waals surface area contributed by atoms with Crippen LogP contribution in [0.1, 0.15) is 51.0 Å². The highest BCUT2D eigenvalue weighted by molar-refractivity contribution is 5.80. The molecule has 23 heavy (non-hydrogen) atoms. The molecule has 2 unspecified atom stereocenters. The average molecular weight is 320 g/mol. The van der Waals surface area contributed by atoms with Crippen molar-refractivity contribution in [1.29, 1.82) is 0 Å². The van der Waals surface area contributed by atoms with E-state index in [9.17, 15) is 4.79 Å². The van der Waals surface area contributed by atoms with Crippen molar-refractivity contribution in [3.8, 4) is 0 Å². The largest absolute Gasteiger partial charge is 0.366 e. The molecule has 128 valence electrons. The first-order valence-electron chi connectivity index (χ1n) is 8.65. The van der Waals surface area contributed by atoms with E-state index in [4.69, 9.17) is 14.2 Å². The zero-order chi connectivity index (χ0) is 16.3. The zero-order valence-electron chi connectivity index (χ0n) is 14.0. The fraction of sp³-hybridized carbons (Fsp3) is 0.632. The van der Waals surface area contributed by atoms with Gasteiger partial charge in [-0.3, -0.25) is 4.79 Å². The van der Waals surface area contributed by atoms with Gasteiger partial charge in [-0.25, -0.2) is 0 Å². The minimum atomic E-state index is -0.318. The van der Waals surface area contributed by atoms with Gasteiger partial charge in [0.1, 0.15) is 6.10 Å². The number of unbranched alkanes of at least 4 members (excludes halogenated alkanes) is 1. The highest BCUT2D eigenvalue weighted by atomic mass is 16.7. The van der Waals surface area contributed by atoms with E-state index < -0.39 is 0 Å². The normalized spacial score (nSPS) is 19.4. The molecule has 1 aromatic carbocycles. The minimum absolute atomic E-state index is 0.0262. The fourth-order valence-corrected chi connectivity index (χ4v) is 2.66. The maximum Gasteiger partial charge on any atom is 0.158 e. The molecule has 1 heterocycles. The predicted molar refractivity (Wildman–Crippen MR) is 89.1 cm³/mol. The standard InChI is InChI=1S/C19H28O4/c1-16(20)18(23-15-17-9-3-2-4-10-17)11-5-7-13-21-19-12-6-8-14-22-19/h2-4,9-10,18-19H,5-8,11-15H2,1H3. The minimum Gasteiger partial charge on any atom is -0.366 e. The van der Waals surface area contributed by atoms with Gasteiger partial charge >= 0.3 is 0 Å². The van der Waals surface area contributed by atoms with Crippen molar-refractivity contribution in [2.24, 2.45) is 0 Å². The molecule has 0 aromatic heterocycles. The summed E-state index contributed by atoms with van der Waals surface area (Å²) in [6.45, 7) is 3.58. The van der Waals surface area contributed by atoms with Gasteiger partial charge in [0.25, 0.3) is 0 Å². The molecule has 2 atom stereocenters. The van der Waals surface area contributed by atoms with Crippen molar-refractivity contribution in [2.75, 3.05) is 13.2 Å². The van der Waals surface area contributed by atoms with Crippen LogP contribution >= 0.6 is 0 Å². The Morgan fingerprint density at radius 1 is 1.26 bits per heavy atom. The molecule has 0 saturated carbocycles. The Bertz CT molecular complexity index is 440. The molecular weight excluding hydrogens is 292 g/mol.